The van der Waals surface area contributed by atoms with E-state index in [1.54, 1.807) is 4.90 Å². The Kier molecular flexibility index (Phi) is 4.55. The number of carboxylic acid groups (broad SMARTS) is 1. The van der Waals surface area contributed by atoms with Crippen LogP contribution in [0.1, 0.15) is 5.56 Å². The lowest BCUT2D eigenvalue weighted by atomic mass is 10.2. The standard InChI is InChI=1S/C12H14BrNO2/c1-9-3-5-11(6-4-9)14(7-10(2)13)8-12(15)16/h3-6H,2,7-8H2,1H3,(H,15,16). The quantitative estimate of drug-likeness (QED) is 0.903. The second-order valence-corrected chi connectivity index (χ2v) is 4.72. The Balaban J connectivity index is 2.86. The summed E-state index contributed by atoms with van der Waals surface area (Å²) >= 11 is 3.25. The Morgan fingerprint density at radius 3 is 2.38 bits per heavy atom. The Hall–Kier alpha value is -1.29. The second kappa shape index (κ2) is 5.70. The molecule has 0 aliphatic rings. The van der Waals surface area contributed by atoms with Crippen LogP contribution in [0.2, 0.25) is 0 Å². The predicted molar refractivity (Wildman–Crippen MR) is 69.1 cm³/mol. The van der Waals surface area contributed by atoms with Crippen LogP contribution in [0.15, 0.2) is 35.3 Å². The minimum atomic E-state index is -0.852. The number of anilines is 1. The highest BCUT2D eigenvalue weighted by atomic mass is 79.9. The van der Waals surface area contributed by atoms with Crippen LogP contribution in [0.4, 0.5) is 5.69 Å². The molecule has 1 rings (SSSR count). The van der Waals surface area contributed by atoms with Crippen molar-refractivity contribution in [3.05, 3.63) is 40.9 Å². The van der Waals surface area contributed by atoms with Gasteiger partial charge in [-0.05, 0) is 19.1 Å². The zero-order valence-electron chi connectivity index (χ0n) is 9.11. The van der Waals surface area contributed by atoms with E-state index in [1.165, 1.54) is 0 Å². The average molecular weight is 284 g/mol. The summed E-state index contributed by atoms with van der Waals surface area (Å²) in [5, 5.41) is 8.83. The van der Waals surface area contributed by atoms with Crippen LogP contribution in [0.25, 0.3) is 0 Å². The summed E-state index contributed by atoms with van der Waals surface area (Å²) in [5.74, 6) is -0.852. The van der Waals surface area contributed by atoms with Gasteiger partial charge >= 0.3 is 5.97 Å². The zero-order chi connectivity index (χ0) is 12.1. The summed E-state index contributed by atoms with van der Waals surface area (Å²) in [6.45, 7) is 6.17. The maximum atomic E-state index is 10.7. The Morgan fingerprint density at radius 1 is 1.38 bits per heavy atom. The van der Waals surface area contributed by atoms with Crippen LogP contribution >= 0.6 is 15.9 Å². The second-order valence-electron chi connectivity index (χ2n) is 3.60. The number of benzene rings is 1. The van der Waals surface area contributed by atoms with Crippen molar-refractivity contribution in [2.24, 2.45) is 0 Å². The first kappa shape index (κ1) is 12.8. The van der Waals surface area contributed by atoms with Crippen molar-refractivity contribution in [2.45, 2.75) is 6.92 Å². The molecule has 0 unspecified atom stereocenters. The molecule has 1 aromatic rings. The van der Waals surface area contributed by atoms with E-state index in [4.69, 9.17) is 5.11 Å². The van der Waals surface area contributed by atoms with Crippen LogP contribution in [-0.4, -0.2) is 24.2 Å². The van der Waals surface area contributed by atoms with Gasteiger partial charge in [-0.25, -0.2) is 0 Å². The number of halogens is 1. The SMILES string of the molecule is C=C(Br)CN(CC(=O)O)c1ccc(C)cc1. The Morgan fingerprint density at radius 2 is 1.94 bits per heavy atom. The van der Waals surface area contributed by atoms with E-state index in [9.17, 15) is 4.79 Å². The highest BCUT2D eigenvalue weighted by Crippen LogP contribution is 2.17. The lowest BCUT2D eigenvalue weighted by molar-refractivity contribution is -0.135. The largest absolute Gasteiger partial charge is 0.480 e. The lowest BCUT2D eigenvalue weighted by Gasteiger charge is -2.22. The van der Waals surface area contributed by atoms with Gasteiger partial charge in [0.15, 0.2) is 0 Å². The van der Waals surface area contributed by atoms with Gasteiger partial charge in [0.1, 0.15) is 6.54 Å². The molecular formula is C12H14BrNO2. The third-order valence-corrected chi connectivity index (χ3v) is 2.34. The van der Waals surface area contributed by atoms with Gasteiger partial charge in [0, 0.05) is 16.7 Å². The highest BCUT2D eigenvalue weighted by molar-refractivity contribution is 9.11. The molecule has 0 aliphatic heterocycles. The Labute approximate surface area is 104 Å². The summed E-state index contributed by atoms with van der Waals surface area (Å²) in [6, 6.07) is 7.74. The molecule has 0 radical (unpaired) electrons. The molecule has 0 aliphatic carbocycles. The minimum Gasteiger partial charge on any atom is -0.480 e. The molecule has 16 heavy (non-hydrogen) atoms. The van der Waals surface area contributed by atoms with Crippen molar-refractivity contribution < 1.29 is 9.90 Å². The van der Waals surface area contributed by atoms with Crippen molar-refractivity contribution in [1.82, 2.24) is 0 Å². The van der Waals surface area contributed by atoms with Crippen molar-refractivity contribution in [3.8, 4) is 0 Å². The van der Waals surface area contributed by atoms with Gasteiger partial charge in [-0.3, -0.25) is 4.79 Å². The van der Waals surface area contributed by atoms with E-state index in [2.05, 4.69) is 22.5 Å². The first-order valence-corrected chi connectivity index (χ1v) is 5.65. The highest BCUT2D eigenvalue weighted by Gasteiger charge is 2.10. The van der Waals surface area contributed by atoms with Gasteiger partial charge in [-0.15, -0.1) is 0 Å². The molecule has 0 spiro atoms. The average Bonchev–Trinajstić information content (AvgIpc) is 2.16. The van der Waals surface area contributed by atoms with Gasteiger partial charge in [0.2, 0.25) is 0 Å². The number of carbonyl (C=O) groups is 1. The molecule has 0 amide bonds. The van der Waals surface area contributed by atoms with Crippen molar-refractivity contribution in [1.29, 1.82) is 0 Å². The van der Waals surface area contributed by atoms with Crippen LogP contribution in [-0.2, 0) is 4.79 Å². The zero-order valence-corrected chi connectivity index (χ0v) is 10.7. The molecule has 0 bridgehead atoms. The smallest absolute Gasteiger partial charge is 0.323 e. The maximum absolute atomic E-state index is 10.7. The summed E-state index contributed by atoms with van der Waals surface area (Å²) in [4.78, 5) is 12.5. The van der Waals surface area contributed by atoms with Crippen molar-refractivity contribution >= 4 is 27.6 Å². The molecule has 4 heteroatoms. The van der Waals surface area contributed by atoms with E-state index in [1.807, 2.05) is 31.2 Å². The molecule has 0 saturated carbocycles. The minimum absolute atomic E-state index is 0.0340. The van der Waals surface area contributed by atoms with Crippen LogP contribution in [0, 0.1) is 6.92 Å². The van der Waals surface area contributed by atoms with Gasteiger partial charge < -0.3 is 10.0 Å². The maximum Gasteiger partial charge on any atom is 0.323 e. The summed E-state index contributed by atoms with van der Waals surface area (Å²) in [7, 11) is 0. The number of aryl methyl sites for hydroxylation is 1. The molecule has 1 aromatic carbocycles. The third kappa shape index (κ3) is 4.06. The van der Waals surface area contributed by atoms with E-state index >= 15 is 0 Å². The Bertz CT molecular complexity index is 371. The molecule has 0 fully saturated rings. The number of hydrogen-bond donors (Lipinski definition) is 1. The van der Waals surface area contributed by atoms with Gasteiger partial charge in [-0.2, -0.15) is 0 Å². The molecule has 1 N–H and O–H groups in total. The van der Waals surface area contributed by atoms with Crippen LogP contribution in [0.5, 0.6) is 0 Å². The number of nitrogens with zero attached hydrogens (tertiary/aromatic N) is 1. The van der Waals surface area contributed by atoms with E-state index < -0.39 is 5.97 Å². The van der Waals surface area contributed by atoms with Gasteiger partial charge in [-0.1, -0.05) is 40.2 Å². The van der Waals surface area contributed by atoms with Gasteiger partial charge in [0.05, 0.1) is 0 Å². The molecular weight excluding hydrogens is 270 g/mol. The van der Waals surface area contributed by atoms with Crippen molar-refractivity contribution in [2.75, 3.05) is 18.0 Å². The van der Waals surface area contributed by atoms with Crippen LogP contribution in [0.3, 0.4) is 0 Å². The molecule has 0 saturated heterocycles. The fraction of sp³-hybridized carbons (Fsp3) is 0.250. The first-order valence-electron chi connectivity index (χ1n) is 4.85. The molecule has 3 nitrogen and oxygen atoms in total. The van der Waals surface area contributed by atoms with Crippen molar-refractivity contribution in [3.63, 3.8) is 0 Å². The monoisotopic (exact) mass is 283 g/mol. The first-order chi connectivity index (χ1) is 7.49. The number of rotatable bonds is 5. The molecule has 0 atom stereocenters. The molecule has 0 heterocycles. The van der Waals surface area contributed by atoms with E-state index in [0.717, 1.165) is 15.7 Å². The fourth-order valence-corrected chi connectivity index (χ4v) is 1.67. The topological polar surface area (TPSA) is 40.5 Å². The number of carboxylic acids is 1. The third-order valence-electron chi connectivity index (χ3n) is 2.09. The fourth-order valence-electron chi connectivity index (χ4n) is 1.36. The molecule has 86 valence electrons. The summed E-state index contributed by atoms with van der Waals surface area (Å²) in [6.07, 6.45) is 0. The lowest BCUT2D eigenvalue weighted by Crippen LogP contribution is -2.30. The number of hydrogen-bond acceptors (Lipinski definition) is 2. The molecule has 0 aromatic heterocycles. The normalized spacial score (nSPS) is 9.88. The van der Waals surface area contributed by atoms with Gasteiger partial charge in [0.25, 0.3) is 0 Å². The summed E-state index contributed by atoms with van der Waals surface area (Å²) < 4.78 is 0.759. The predicted octanol–water partition coefficient (Wildman–Crippen LogP) is 2.79. The van der Waals surface area contributed by atoms with E-state index in [-0.39, 0.29) is 6.54 Å². The summed E-state index contributed by atoms with van der Waals surface area (Å²) in [5.41, 5.74) is 2.03. The van der Waals surface area contributed by atoms with E-state index in [0.29, 0.717) is 6.54 Å². The van der Waals surface area contributed by atoms with Crippen LogP contribution < -0.4 is 4.90 Å². The number of aliphatic carboxylic acids is 1.